The Morgan fingerprint density at radius 3 is 2.33 bits per heavy atom. The van der Waals surface area contributed by atoms with Crippen LogP contribution in [0.2, 0.25) is 0 Å². The standard InChI is InChI=1S/C20H26N2O7S/c1-2-28-16-5-7-17(8-6-16)30(26,27)21-12-9-15(10-13-21)20(25)29-14-19(24)22-11-3-4-18(22)23/h5-8,15H,2-4,9-14H2,1H3. The summed E-state index contributed by atoms with van der Waals surface area (Å²) in [5, 5.41) is 0. The predicted molar refractivity (Wildman–Crippen MR) is 106 cm³/mol. The lowest BCUT2D eigenvalue weighted by Gasteiger charge is -2.30. The molecule has 0 spiro atoms. The summed E-state index contributed by atoms with van der Waals surface area (Å²) in [6.45, 7) is 2.62. The van der Waals surface area contributed by atoms with Gasteiger partial charge < -0.3 is 9.47 Å². The van der Waals surface area contributed by atoms with E-state index in [2.05, 4.69) is 0 Å². The number of piperidine rings is 1. The zero-order chi connectivity index (χ0) is 21.7. The summed E-state index contributed by atoms with van der Waals surface area (Å²) in [6.07, 6.45) is 1.58. The van der Waals surface area contributed by atoms with Crippen molar-refractivity contribution in [3.8, 4) is 5.75 Å². The van der Waals surface area contributed by atoms with Gasteiger partial charge in [-0.25, -0.2) is 8.42 Å². The highest BCUT2D eigenvalue weighted by Gasteiger charge is 2.34. The van der Waals surface area contributed by atoms with Crippen LogP contribution >= 0.6 is 0 Å². The number of carbonyl (C=O) groups excluding carboxylic acids is 3. The summed E-state index contributed by atoms with van der Waals surface area (Å²) >= 11 is 0. The fourth-order valence-electron chi connectivity index (χ4n) is 3.60. The van der Waals surface area contributed by atoms with Gasteiger partial charge in [0.25, 0.3) is 5.91 Å². The van der Waals surface area contributed by atoms with Crippen molar-refractivity contribution in [3.63, 3.8) is 0 Å². The first-order chi connectivity index (χ1) is 14.3. The summed E-state index contributed by atoms with van der Waals surface area (Å²) in [5.41, 5.74) is 0. The van der Waals surface area contributed by atoms with Crippen molar-refractivity contribution in [2.24, 2.45) is 5.92 Å². The molecule has 2 heterocycles. The zero-order valence-corrected chi connectivity index (χ0v) is 17.7. The number of hydrogen-bond donors (Lipinski definition) is 0. The van der Waals surface area contributed by atoms with E-state index in [0.717, 1.165) is 4.90 Å². The maximum atomic E-state index is 12.8. The number of amides is 2. The summed E-state index contributed by atoms with van der Waals surface area (Å²) in [4.78, 5) is 37.1. The summed E-state index contributed by atoms with van der Waals surface area (Å²) < 4.78 is 37.4. The van der Waals surface area contributed by atoms with Crippen LogP contribution in [0.25, 0.3) is 0 Å². The van der Waals surface area contributed by atoms with Crippen LogP contribution in [0.3, 0.4) is 0 Å². The maximum Gasteiger partial charge on any atom is 0.309 e. The molecule has 0 aromatic heterocycles. The molecule has 0 radical (unpaired) electrons. The Balaban J connectivity index is 1.50. The number of rotatable bonds is 7. The van der Waals surface area contributed by atoms with E-state index in [4.69, 9.17) is 9.47 Å². The lowest BCUT2D eigenvalue weighted by Crippen LogP contribution is -2.41. The largest absolute Gasteiger partial charge is 0.494 e. The second-order valence-corrected chi connectivity index (χ2v) is 9.17. The molecule has 0 saturated carbocycles. The van der Waals surface area contributed by atoms with Gasteiger partial charge in [0.05, 0.1) is 17.4 Å². The first-order valence-corrected chi connectivity index (χ1v) is 11.5. The molecule has 0 unspecified atom stereocenters. The van der Waals surface area contributed by atoms with Crippen molar-refractivity contribution in [1.29, 1.82) is 0 Å². The van der Waals surface area contributed by atoms with Crippen LogP contribution in [0, 0.1) is 5.92 Å². The minimum absolute atomic E-state index is 0.174. The molecule has 2 aliphatic heterocycles. The molecule has 9 nitrogen and oxygen atoms in total. The lowest BCUT2D eigenvalue weighted by molar-refractivity contribution is -0.158. The molecule has 3 rings (SSSR count). The smallest absolute Gasteiger partial charge is 0.309 e. The first kappa shape index (κ1) is 22.2. The Morgan fingerprint density at radius 2 is 1.77 bits per heavy atom. The van der Waals surface area contributed by atoms with Gasteiger partial charge in [0.2, 0.25) is 15.9 Å². The fourth-order valence-corrected chi connectivity index (χ4v) is 5.07. The van der Waals surface area contributed by atoms with Gasteiger partial charge in [-0.15, -0.1) is 0 Å². The molecule has 164 valence electrons. The highest BCUT2D eigenvalue weighted by molar-refractivity contribution is 7.89. The molecular weight excluding hydrogens is 412 g/mol. The predicted octanol–water partition coefficient (Wildman–Crippen LogP) is 1.18. The van der Waals surface area contributed by atoms with Gasteiger partial charge in [0.1, 0.15) is 5.75 Å². The van der Waals surface area contributed by atoms with Crippen LogP contribution in [0.15, 0.2) is 29.2 Å². The van der Waals surface area contributed by atoms with Crippen molar-refractivity contribution in [2.45, 2.75) is 37.5 Å². The molecule has 0 N–H and O–H groups in total. The second-order valence-electron chi connectivity index (χ2n) is 7.23. The van der Waals surface area contributed by atoms with Gasteiger partial charge in [-0.05, 0) is 50.5 Å². The van der Waals surface area contributed by atoms with Crippen LogP contribution in [-0.2, 0) is 29.1 Å². The Morgan fingerprint density at radius 1 is 1.10 bits per heavy atom. The average molecular weight is 439 g/mol. The second kappa shape index (κ2) is 9.57. The summed E-state index contributed by atoms with van der Waals surface area (Å²) in [5.74, 6) is -1.17. The molecule has 2 amide bonds. The highest BCUT2D eigenvalue weighted by Crippen LogP contribution is 2.26. The maximum absolute atomic E-state index is 12.8. The van der Waals surface area contributed by atoms with Crippen LogP contribution in [0.4, 0.5) is 0 Å². The Labute approximate surface area is 176 Å². The molecule has 0 bridgehead atoms. The topological polar surface area (TPSA) is 110 Å². The lowest BCUT2D eigenvalue weighted by atomic mass is 9.98. The van der Waals surface area contributed by atoms with E-state index in [1.54, 1.807) is 12.1 Å². The van der Waals surface area contributed by atoms with Gasteiger partial charge in [0.15, 0.2) is 6.61 Å². The number of ether oxygens (including phenoxy) is 2. The van der Waals surface area contributed by atoms with Gasteiger partial charge >= 0.3 is 5.97 Å². The SMILES string of the molecule is CCOc1ccc(S(=O)(=O)N2CCC(C(=O)OCC(=O)N3CCCC3=O)CC2)cc1. The molecule has 1 aromatic rings. The number of nitrogens with zero attached hydrogens (tertiary/aromatic N) is 2. The van der Waals surface area contributed by atoms with E-state index in [0.29, 0.717) is 44.6 Å². The van der Waals surface area contributed by atoms with Crippen molar-refractivity contribution in [3.05, 3.63) is 24.3 Å². The number of imide groups is 1. The average Bonchev–Trinajstić information content (AvgIpc) is 3.18. The van der Waals surface area contributed by atoms with E-state index in [9.17, 15) is 22.8 Å². The van der Waals surface area contributed by atoms with Crippen molar-refractivity contribution in [2.75, 3.05) is 32.8 Å². The minimum atomic E-state index is -3.66. The Bertz CT molecular complexity index is 890. The third-order valence-electron chi connectivity index (χ3n) is 5.27. The van der Waals surface area contributed by atoms with Crippen molar-refractivity contribution < 1.29 is 32.3 Å². The Kier molecular flexibility index (Phi) is 7.09. The highest BCUT2D eigenvalue weighted by atomic mass is 32.2. The number of hydrogen-bond acceptors (Lipinski definition) is 7. The number of benzene rings is 1. The van der Waals surface area contributed by atoms with Crippen LogP contribution in [-0.4, -0.2) is 68.3 Å². The normalized spacial score (nSPS) is 18.4. The molecular formula is C20H26N2O7S. The number of likely N-dealkylation sites (tertiary alicyclic amines) is 1. The van der Waals surface area contributed by atoms with Gasteiger partial charge in [-0.1, -0.05) is 0 Å². The summed E-state index contributed by atoms with van der Waals surface area (Å²) in [7, 11) is -3.66. The van der Waals surface area contributed by atoms with Crippen LogP contribution in [0.5, 0.6) is 5.75 Å². The number of sulfonamides is 1. The molecule has 2 aliphatic rings. The fraction of sp³-hybridized carbons (Fsp3) is 0.550. The molecule has 10 heteroatoms. The summed E-state index contributed by atoms with van der Waals surface area (Å²) in [6, 6.07) is 6.24. The molecule has 2 fully saturated rings. The third kappa shape index (κ3) is 4.99. The van der Waals surface area contributed by atoms with Crippen LogP contribution < -0.4 is 4.74 Å². The van der Waals surface area contributed by atoms with E-state index < -0.39 is 34.4 Å². The Hall–Kier alpha value is -2.46. The van der Waals surface area contributed by atoms with E-state index in [-0.39, 0.29) is 23.9 Å². The van der Waals surface area contributed by atoms with E-state index in [1.807, 2.05) is 6.92 Å². The van der Waals surface area contributed by atoms with E-state index in [1.165, 1.54) is 16.4 Å². The first-order valence-electron chi connectivity index (χ1n) is 10.1. The number of esters is 1. The molecule has 0 aliphatic carbocycles. The van der Waals surface area contributed by atoms with Crippen molar-refractivity contribution >= 4 is 27.8 Å². The molecule has 0 atom stereocenters. The monoisotopic (exact) mass is 438 g/mol. The minimum Gasteiger partial charge on any atom is -0.494 e. The van der Waals surface area contributed by atoms with E-state index >= 15 is 0 Å². The van der Waals surface area contributed by atoms with Crippen molar-refractivity contribution in [1.82, 2.24) is 9.21 Å². The van der Waals surface area contributed by atoms with Gasteiger partial charge in [-0.3, -0.25) is 19.3 Å². The van der Waals surface area contributed by atoms with Crippen LogP contribution in [0.1, 0.15) is 32.6 Å². The number of carbonyl (C=O) groups is 3. The third-order valence-corrected chi connectivity index (χ3v) is 7.19. The molecule has 2 saturated heterocycles. The molecule has 30 heavy (non-hydrogen) atoms. The van der Waals surface area contributed by atoms with Gasteiger partial charge in [-0.2, -0.15) is 4.31 Å². The zero-order valence-electron chi connectivity index (χ0n) is 16.9. The van der Waals surface area contributed by atoms with Gasteiger partial charge in [0, 0.05) is 26.1 Å². The quantitative estimate of drug-likeness (QED) is 0.588. The molecule has 1 aromatic carbocycles.